The van der Waals surface area contributed by atoms with E-state index in [2.05, 4.69) is 9.47 Å². The van der Waals surface area contributed by atoms with Crippen molar-refractivity contribution in [3.63, 3.8) is 0 Å². The molecule has 1 aromatic heterocycles. The third kappa shape index (κ3) is 2.85. The van der Waals surface area contributed by atoms with Crippen LogP contribution in [0.3, 0.4) is 0 Å². The number of likely N-dealkylation sites (tertiary alicyclic amines) is 2. The molecule has 0 bridgehead atoms. The number of benzene rings is 1. The Morgan fingerprint density at radius 3 is 2.68 bits per heavy atom. The fourth-order valence-corrected chi connectivity index (χ4v) is 4.46. The fraction of sp³-hybridized carbons (Fsp3) is 0.550. The third-order valence-electron chi connectivity index (χ3n) is 5.95. The number of rotatable bonds is 3. The van der Waals surface area contributed by atoms with Gasteiger partial charge in [0.25, 0.3) is 5.91 Å². The van der Waals surface area contributed by atoms with Gasteiger partial charge in [0, 0.05) is 36.7 Å². The number of β-amino-alcohol motifs (C(OH)–C–C–N with tert-alkyl or cyclic N) is 1. The van der Waals surface area contributed by atoms with Gasteiger partial charge in [0.05, 0.1) is 17.7 Å². The maximum atomic E-state index is 13.2. The number of aliphatic hydroxyl groups is 1. The number of hydrogen-bond acceptors (Lipinski definition) is 3. The normalized spacial score (nSPS) is 24.5. The minimum Gasteiger partial charge on any atom is -0.387 e. The zero-order chi connectivity index (χ0) is 17.6. The van der Waals surface area contributed by atoms with Gasteiger partial charge in [0.1, 0.15) is 0 Å². The highest BCUT2D eigenvalue weighted by Gasteiger charge is 2.40. The summed E-state index contributed by atoms with van der Waals surface area (Å²) >= 11 is 0. The molecule has 0 aliphatic carbocycles. The van der Waals surface area contributed by atoms with Gasteiger partial charge < -0.3 is 19.5 Å². The Morgan fingerprint density at radius 2 is 1.92 bits per heavy atom. The molecule has 0 spiro atoms. The minimum absolute atomic E-state index is 0.0478. The Bertz CT molecular complexity index is 807. The van der Waals surface area contributed by atoms with Gasteiger partial charge >= 0.3 is 0 Å². The van der Waals surface area contributed by atoms with Crippen LogP contribution in [-0.4, -0.2) is 63.7 Å². The van der Waals surface area contributed by atoms with E-state index in [1.54, 1.807) is 0 Å². The molecule has 1 N–H and O–H groups in total. The molecule has 2 aliphatic rings. The van der Waals surface area contributed by atoms with Gasteiger partial charge in [-0.2, -0.15) is 0 Å². The summed E-state index contributed by atoms with van der Waals surface area (Å²) in [6.45, 7) is 5.89. The second-order valence-electron chi connectivity index (χ2n) is 7.72. The number of amides is 1. The third-order valence-corrected chi connectivity index (χ3v) is 5.95. The number of carbonyl (C=O) groups excluding carboxylic acids is 1. The van der Waals surface area contributed by atoms with Gasteiger partial charge in [-0.15, -0.1) is 0 Å². The largest absolute Gasteiger partial charge is 0.387 e. The van der Waals surface area contributed by atoms with Crippen LogP contribution in [-0.2, 0) is 7.05 Å². The Hall–Kier alpha value is -1.85. The molecular formula is C20H27N3O2. The lowest BCUT2D eigenvalue weighted by molar-refractivity contribution is 0.0175. The maximum absolute atomic E-state index is 13.2. The van der Waals surface area contributed by atoms with Gasteiger partial charge in [-0.1, -0.05) is 18.2 Å². The van der Waals surface area contributed by atoms with E-state index >= 15 is 0 Å². The van der Waals surface area contributed by atoms with E-state index in [0.29, 0.717) is 26.1 Å². The van der Waals surface area contributed by atoms with Crippen LogP contribution in [0.2, 0.25) is 0 Å². The lowest BCUT2D eigenvalue weighted by Crippen LogP contribution is -2.45. The van der Waals surface area contributed by atoms with Gasteiger partial charge in [0.2, 0.25) is 0 Å². The van der Waals surface area contributed by atoms with Crippen molar-refractivity contribution in [3.05, 3.63) is 35.5 Å². The van der Waals surface area contributed by atoms with Crippen LogP contribution in [0.1, 0.15) is 35.3 Å². The van der Waals surface area contributed by atoms with Crippen molar-refractivity contribution in [1.29, 1.82) is 0 Å². The summed E-state index contributed by atoms with van der Waals surface area (Å²) in [7, 11) is 2.00. The summed E-state index contributed by atoms with van der Waals surface area (Å²) in [5, 5.41) is 12.0. The van der Waals surface area contributed by atoms with Crippen LogP contribution in [0.15, 0.2) is 24.3 Å². The first-order valence-corrected chi connectivity index (χ1v) is 9.26. The molecule has 2 fully saturated rings. The van der Waals surface area contributed by atoms with Crippen LogP contribution in [0.25, 0.3) is 10.9 Å². The molecule has 5 heteroatoms. The Balaban J connectivity index is 1.57. The molecule has 0 saturated carbocycles. The van der Waals surface area contributed by atoms with Crippen molar-refractivity contribution < 1.29 is 9.90 Å². The quantitative estimate of drug-likeness (QED) is 0.931. The number of para-hydroxylation sites is 1. The number of aryl methyl sites for hydroxylation is 1. The Labute approximate surface area is 148 Å². The minimum atomic E-state index is -0.765. The zero-order valence-corrected chi connectivity index (χ0v) is 15.2. The van der Waals surface area contributed by atoms with Crippen molar-refractivity contribution >= 4 is 16.8 Å². The first kappa shape index (κ1) is 16.6. The first-order valence-electron chi connectivity index (χ1n) is 9.26. The fourth-order valence-electron chi connectivity index (χ4n) is 4.46. The van der Waals surface area contributed by atoms with Gasteiger partial charge in [-0.25, -0.2) is 0 Å². The zero-order valence-electron chi connectivity index (χ0n) is 15.2. The first-order chi connectivity index (χ1) is 12.0. The molecule has 2 aliphatic heterocycles. The van der Waals surface area contributed by atoms with Crippen LogP contribution in [0.5, 0.6) is 0 Å². The van der Waals surface area contributed by atoms with E-state index in [0.717, 1.165) is 35.2 Å². The number of nitrogens with zero attached hydrogens (tertiary/aromatic N) is 3. The topological polar surface area (TPSA) is 48.7 Å². The van der Waals surface area contributed by atoms with Crippen molar-refractivity contribution in [3.8, 4) is 0 Å². The number of aromatic nitrogens is 1. The van der Waals surface area contributed by atoms with Crippen molar-refractivity contribution in [1.82, 2.24) is 14.4 Å². The molecule has 3 heterocycles. The van der Waals surface area contributed by atoms with E-state index in [1.807, 2.05) is 43.1 Å². The summed E-state index contributed by atoms with van der Waals surface area (Å²) in [5.41, 5.74) is 2.08. The molecule has 0 radical (unpaired) electrons. The SMILES string of the molecule is Cc1c(C(=O)N2CCC(O)(CN3CCCC3)C2)c2ccccc2n1C. The standard InChI is InChI=1S/C20H27N3O2/c1-15-18(16-7-3-4-8-17(16)21(15)2)19(24)23-12-9-20(25,14-23)13-22-10-5-6-11-22/h3-4,7-8,25H,5-6,9-14H2,1-2H3. The Kier molecular flexibility index (Phi) is 4.08. The lowest BCUT2D eigenvalue weighted by atomic mass is 10.0. The van der Waals surface area contributed by atoms with Crippen LogP contribution in [0, 0.1) is 6.92 Å². The highest BCUT2D eigenvalue weighted by molar-refractivity contribution is 6.08. The predicted molar refractivity (Wildman–Crippen MR) is 98.8 cm³/mol. The monoisotopic (exact) mass is 341 g/mol. The van der Waals surface area contributed by atoms with Crippen molar-refractivity contribution in [2.75, 3.05) is 32.7 Å². The summed E-state index contributed by atoms with van der Waals surface area (Å²) in [5.74, 6) is 0.0478. The van der Waals surface area contributed by atoms with Gasteiger partial charge in [0.15, 0.2) is 0 Å². The molecule has 2 saturated heterocycles. The average molecular weight is 341 g/mol. The molecule has 1 amide bonds. The molecule has 1 atom stereocenters. The molecule has 2 aromatic rings. The smallest absolute Gasteiger partial charge is 0.256 e. The van der Waals surface area contributed by atoms with E-state index < -0.39 is 5.60 Å². The summed E-state index contributed by atoms with van der Waals surface area (Å²) in [6, 6.07) is 8.04. The van der Waals surface area contributed by atoms with Crippen LogP contribution in [0.4, 0.5) is 0 Å². The van der Waals surface area contributed by atoms with Crippen molar-refractivity contribution in [2.24, 2.45) is 7.05 Å². The highest BCUT2D eigenvalue weighted by atomic mass is 16.3. The average Bonchev–Trinajstić information content (AvgIpc) is 3.29. The maximum Gasteiger partial charge on any atom is 0.256 e. The summed E-state index contributed by atoms with van der Waals surface area (Å²) in [6.07, 6.45) is 3.10. The van der Waals surface area contributed by atoms with E-state index in [4.69, 9.17) is 0 Å². The van der Waals surface area contributed by atoms with Gasteiger partial charge in [-0.3, -0.25) is 4.79 Å². The van der Waals surface area contributed by atoms with E-state index in [1.165, 1.54) is 12.8 Å². The van der Waals surface area contributed by atoms with Crippen LogP contribution >= 0.6 is 0 Å². The predicted octanol–water partition coefficient (Wildman–Crippen LogP) is 2.16. The second kappa shape index (κ2) is 6.15. The molecule has 1 aromatic carbocycles. The van der Waals surface area contributed by atoms with E-state index in [-0.39, 0.29) is 5.91 Å². The highest BCUT2D eigenvalue weighted by Crippen LogP contribution is 2.30. The molecule has 25 heavy (non-hydrogen) atoms. The second-order valence-corrected chi connectivity index (χ2v) is 7.72. The Morgan fingerprint density at radius 1 is 1.20 bits per heavy atom. The van der Waals surface area contributed by atoms with Gasteiger partial charge in [-0.05, 0) is 45.3 Å². The lowest BCUT2D eigenvalue weighted by Gasteiger charge is -2.28. The molecule has 134 valence electrons. The molecular weight excluding hydrogens is 314 g/mol. The molecule has 4 rings (SSSR count). The van der Waals surface area contributed by atoms with Crippen LogP contribution < -0.4 is 0 Å². The number of carbonyl (C=O) groups is 1. The number of hydrogen-bond donors (Lipinski definition) is 1. The number of fused-ring (bicyclic) bond motifs is 1. The summed E-state index contributed by atoms with van der Waals surface area (Å²) < 4.78 is 2.08. The molecule has 5 nitrogen and oxygen atoms in total. The summed E-state index contributed by atoms with van der Waals surface area (Å²) in [4.78, 5) is 17.4. The van der Waals surface area contributed by atoms with Crippen molar-refractivity contribution in [2.45, 2.75) is 31.8 Å². The molecule has 1 unspecified atom stereocenters. The van der Waals surface area contributed by atoms with E-state index in [9.17, 15) is 9.90 Å².